The molecule has 12 heteroatoms. The van der Waals surface area contributed by atoms with Crippen molar-refractivity contribution in [1.82, 2.24) is 0 Å². The van der Waals surface area contributed by atoms with E-state index in [0.717, 1.165) is 6.42 Å². The average molecular weight is 531 g/mol. The van der Waals surface area contributed by atoms with Gasteiger partial charge in [-0.25, -0.2) is 0 Å². The Morgan fingerprint density at radius 1 is 0.636 bits per heavy atom. The Balaban J connectivity index is 4.63. The van der Waals surface area contributed by atoms with Crippen molar-refractivity contribution in [2.45, 2.75) is 51.2 Å². The maximum atomic E-state index is 11.5. The van der Waals surface area contributed by atoms with Gasteiger partial charge in [-0.3, -0.25) is 14.4 Å². The van der Waals surface area contributed by atoms with E-state index < -0.39 is 6.10 Å². The van der Waals surface area contributed by atoms with Gasteiger partial charge in [0.2, 0.25) is 0 Å². The number of hydrogen-bond acceptors (Lipinski definition) is 12. The number of carbonyl (C=O) groups is 3. The lowest BCUT2D eigenvalue weighted by Crippen LogP contribution is -2.38. The molecule has 0 saturated heterocycles. The van der Waals surface area contributed by atoms with Gasteiger partial charge in [0.1, 0.15) is 25.9 Å². The zero-order chi connectivity index (χ0) is 24.7. The van der Waals surface area contributed by atoms with Crippen LogP contribution in [0.15, 0.2) is 0 Å². The first kappa shape index (κ1) is 32.3. The Hall–Kier alpha value is -0.660. The van der Waals surface area contributed by atoms with E-state index in [9.17, 15) is 14.4 Å². The van der Waals surface area contributed by atoms with Crippen molar-refractivity contribution >= 4 is 55.8 Å². The number of ether oxygens (including phenoxy) is 6. The van der Waals surface area contributed by atoms with Crippen molar-refractivity contribution in [3.05, 3.63) is 0 Å². The second-order valence-corrected chi connectivity index (χ2v) is 8.11. The Labute approximate surface area is 213 Å². The molecule has 0 fully saturated rings. The highest BCUT2D eigenvalue weighted by Crippen LogP contribution is 2.12. The molecule has 0 bridgehead atoms. The molecule has 2 unspecified atom stereocenters. The standard InChI is InChI=1S/C21H38O9S3/c1-2-3-17(26-9-11-29-20(23)5-14-32)18(27-10-12-30-21(24)6-15-33)16-25-7-8-28-19(22)4-13-31/h17-18,31-33H,2-16H2,1H3. The van der Waals surface area contributed by atoms with Crippen molar-refractivity contribution in [1.29, 1.82) is 0 Å². The van der Waals surface area contributed by atoms with Gasteiger partial charge in [0, 0.05) is 17.3 Å². The van der Waals surface area contributed by atoms with E-state index in [1.807, 2.05) is 6.92 Å². The maximum Gasteiger partial charge on any atom is 0.306 e. The quantitative estimate of drug-likeness (QED) is 0.0840. The van der Waals surface area contributed by atoms with Gasteiger partial charge in [0.05, 0.1) is 51.8 Å². The molecule has 0 aliphatic rings. The second-order valence-electron chi connectivity index (χ2n) is 6.76. The predicted octanol–water partition coefficient (Wildman–Crippen LogP) is 2.16. The van der Waals surface area contributed by atoms with E-state index in [0.29, 0.717) is 23.7 Å². The summed E-state index contributed by atoms with van der Waals surface area (Å²) in [7, 11) is 0. The monoisotopic (exact) mass is 530 g/mol. The first-order valence-corrected chi connectivity index (χ1v) is 13.0. The van der Waals surface area contributed by atoms with Crippen molar-refractivity contribution < 1.29 is 42.8 Å². The van der Waals surface area contributed by atoms with Crippen LogP contribution in [0.2, 0.25) is 0 Å². The van der Waals surface area contributed by atoms with Crippen molar-refractivity contribution in [3.63, 3.8) is 0 Å². The summed E-state index contributed by atoms with van der Waals surface area (Å²) in [5.41, 5.74) is 0. The molecule has 0 spiro atoms. The van der Waals surface area contributed by atoms with Crippen molar-refractivity contribution in [3.8, 4) is 0 Å². The third-order valence-electron chi connectivity index (χ3n) is 4.07. The SMILES string of the molecule is CCCC(OCCOC(=O)CCS)C(COCCOC(=O)CCS)OCCOC(=O)CCS. The summed E-state index contributed by atoms with van der Waals surface area (Å²) in [6, 6.07) is 0. The summed E-state index contributed by atoms with van der Waals surface area (Å²) in [6.45, 7) is 3.15. The normalized spacial score (nSPS) is 12.7. The van der Waals surface area contributed by atoms with Crippen LogP contribution in [0, 0.1) is 0 Å². The summed E-state index contributed by atoms with van der Waals surface area (Å²) in [5, 5.41) is 0. The molecule has 0 saturated carbocycles. The number of rotatable bonds is 22. The predicted molar refractivity (Wildman–Crippen MR) is 133 cm³/mol. The Morgan fingerprint density at radius 2 is 1.06 bits per heavy atom. The largest absolute Gasteiger partial charge is 0.463 e. The van der Waals surface area contributed by atoms with Crippen LogP contribution in [0.3, 0.4) is 0 Å². The van der Waals surface area contributed by atoms with E-state index in [4.69, 9.17) is 28.4 Å². The van der Waals surface area contributed by atoms with E-state index in [1.165, 1.54) is 0 Å². The lowest BCUT2D eigenvalue weighted by molar-refractivity contribution is -0.154. The third kappa shape index (κ3) is 19.3. The highest BCUT2D eigenvalue weighted by Gasteiger charge is 2.23. The molecule has 0 aromatic carbocycles. The van der Waals surface area contributed by atoms with Crippen LogP contribution in [0.1, 0.15) is 39.0 Å². The minimum Gasteiger partial charge on any atom is -0.463 e. The molecular formula is C21H38O9S3. The van der Waals surface area contributed by atoms with Gasteiger partial charge in [-0.2, -0.15) is 37.9 Å². The van der Waals surface area contributed by atoms with Crippen molar-refractivity contribution in [2.75, 3.05) is 63.5 Å². The van der Waals surface area contributed by atoms with Crippen LogP contribution in [0.25, 0.3) is 0 Å². The lowest BCUT2D eigenvalue weighted by atomic mass is 10.1. The van der Waals surface area contributed by atoms with Crippen LogP contribution in [0.4, 0.5) is 0 Å². The number of thiol groups is 3. The Kier molecular flexibility index (Phi) is 22.6. The van der Waals surface area contributed by atoms with Crippen LogP contribution in [-0.4, -0.2) is 93.6 Å². The minimum atomic E-state index is -0.449. The van der Waals surface area contributed by atoms with Gasteiger partial charge in [0.15, 0.2) is 0 Å². The van der Waals surface area contributed by atoms with E-state index in [1.54, 1.807) is 0 Å². The number of carbonyl (C=O) groups excluding carboxylic acids is 3. The van der Waals surface area contributed by atoms with Gasteiger partial charge in [-0.15, -0.1) is 0 Å². The van der Waals surface area contributed by atoms with Crippen LogP contribution in [-0.2, 0) is 42.8 Å². The number of esters is 3. The smallest absolute Gasteiger partial charge is 0.306 e. The summed E-state index contributed by atoms with van der Waals surface area (Å²) >= 11 is 12.0. The number of hydrogen-bond donors (Lipinski definition) is 3. The molecule has 0 N–H and O–H groups in total. The van der Waals surface area contributed by atoms with Crippen LogP contribution in [0.5, 0.6) is 0 Å². The van der Waals surface area contributed by atoms with Gasteiger partial charge in [-0.1, -0.05) is 13.3 Å². The fourth-order valence-corrected chi connectivity index (χ4v) is 3.09. The zero-order valence-corrected chi connectivity index (χ0v) is 22.0. The van der Waals surface area contributed by atoms with Gasteiger partial charge in [0.25, 0.3) is 0 Å². The first-order valence-electron chi connectivity index (χ1n) is 11.1. The lowest BCUT2D eigenvalue weighted by Gasteiger charge is -2.27. The molecular weight excluding hydrogens is 492 g/mol. The molecule has 2 atom stereocenters. The summed E-state index contributed by atoms with van der Waals surface area (Å²) < 4.78 is 32.6. The van der Waals surface area contributed by atoms with E-state index >= 15 is 0 Å². The highest BCUT2D eigenvalue weighted by molar-refractivity contribution is 7.80. The fourth-order valence-electron chi connectivity index (χ4n) is 2.54. The second kappa shape index (κ2) is 23.1. The molecule has 0 aromatic heterocycles. The molecule has 0 amide bonds. The van der Waals surface area contributed by atoms with Gasteiger partial charge < -0.3 is 28.4 Å². The summed E-state index contributed by atoms with van der Waals surface area (Å²) in [5.74, 6) is 0.270. The van der Waals surface area contributed by atoms with Gasteiger partial charge in [-0.05, 0) is 6.42 Å². The Bertz CT molecular complexity index is 523. The maximum absolute atomic E-state index is 11.5. The van der Waals surface area contributed by atoms with Crippen molar-refractivity contribution in [2.24, 2.45) is 0 Å². The average Bonchev–Trinajstić information content (AvgIpc) is 2.77. The molecule has 0 aliphatic carbocycles. The molecule has 0 heterocycles. The van der Waals surface area contributed by atoms with E-state index in [-0.39, 0.29) is 89.5 Å². The first-order chi connectivity index (χ1) is 16.0. The molecule has 0 rings (SSSR count). The molecule has 9 nitrogen and oxygen atoms in total. The molecule has 194 valence electrons. The molecule has 0 aromatic rings. The topological polar surface area (TPSA) is 107 Å². The Morgan fingerprint density at radius 3 is 1.48 bits per heavy atom. The molecule has 33 heavy (non-hydrogen) atoms. The van der Waals surface area contributed by atoms with Crippen LogP contribution >= 0.6 is 37.9 Å². The van der Waals surface area contributed by atoms with Crippen LogP contribution < -0.4 is 0 Å². The third-order valence-corrected chi connectivity index (χ3v) is 4.74. The zero-order valence-electron chi connectivity index (χ0n) is 19.3. The fraction of sp³-hybridized carbons (Fsp3) is 0.857. The summed E-state index contributed by atoms with van der Waals surface area (Å²) in [6.07, 6.45) is 1.47. The van der Waals surface area contributed by atoms with E-state index in [2.05, 4.69) is 37.9 Å². The molecule has 0 radical (unpaired) electrons. The summed E-state index contributed by atoms with van der Waals surface area (Å²) in [4.78, 5) is 34.3. The molecule has 0 aliphatic heterocycles. The highest BCUT2D eigenvalue weighted by atomic mass is 32.1. The van der Waals surface area contributed by atoms with Gasteiger partial charge >= 0.3 is 17.9 Å². The minimum absolute atomic E-state index is 0.102.